The van der Waals surface area contributed by atoms with Gasteiger partial charge >= 0.3 is 0 Å². The summed E-state index contributed by atoms with van der Waals surface area (Å²) in [4.78, 5) is 9.35. The zero-order chi connectivity index (χ0) is 16.8. The van der Waals surface area contributed by atoms with Gasteiger partial charge in [0.2, 0.25) is 0 Å². The van der Waals surface area contributed by atoms with Crippen LogP contribution in [0.15, 0.2) is 29.3 Å². The lowest BCUT2D eigenvalue weighted by Crippen LogP contribution is -2.40. The molecule has 0 saturated carbocycles. The highest BCUT2D eigenvalue weighted by Crippen LogP contribution is 2.20. The Hall–Kier alpha value is -1.40. The number of likely N-dealkylation sites (tertiary alicyclic amines) is 1. The number of hydrogen-bond donors (Lipinski definition) is 2. The summed E-state index contributed by atoms with van der Waals surface area (Å²) in [6, 6.07) is 8.80. The van der Waals surface area contributed by atoms with Crippen LogP contribution >= 0.6 is 11.8 Å². The molecule has 1 atom stereocenters. The normalized spacial score (nSPS) is 22.1. The molecule has 0 unspecified atom stereocenters. The highest BCUT2D eigenvalue weighted by molar-refractivity contribution is 7.99. The van der Waals surface area contributed by atoms with Crippen LogP contribution in [0.1, 0.15) is 18.9 Å². The van der Waals surface area contributed by atoms with Gasteiger partial charge in [-0.2, -0.15) is 11.8 Å². The lowest BCUT2D eigenvalue weighted by atomic mass is 10.2. The van der Waals surface area contributed by atoms with E-state index in [1.165, 1.54) is 22.8 Å². The van der Waals surface area contributed by atoms with Crippen molar-refractivity contribution in [3.05, 3.63) is 29.8 Å². The number of anilines is 1. The van der Waals surface area contributed by atoms with Gasteiger partial charge in [-0.3, -0.25) is 0 Å². The first kappa shape index (κ1) is 17.4. The van der Waals surface area contributed by atoms with Gasteiger partial charge in [0.25, 0.3) is 0 Å². The van der Waals surface area contributed by atoms with Crippen LogP contribution in [0.2, 0.25) is 0 Å². The first-order chi connectivity index (χ1) is 11.8. The van der Waals surface area contributed by atoms with Crippen LogP contribution in [0.3, 0.4) is 0 Å². The van der Waals surface area contributed by atoms with E-state index in [4.69, 9.17) is 4.99 Å². The molecular formula is C18H28N4OS. The lowest BCUT2D eigenvalue weighted by molar-refractivity contribution is 0.188. The second-order valence-electron chi connectivity index (χ2n) is 6.32. The van der Waals surface area contributed by atoms with Gasteiger partial charge in [0.15, 0.2) is 5.96 Å². The molecule has 132 valence electrons. The molecule has 1 aromatic carbocycles. The molecule has 5 nitrogen and oxygen atoms in total. The molecule has 2 fully saturated rings. The fraction of sp³-hybridized carbons (Fsp3) is 0.611. The summed E-state index contributed by atoms with van der Waals surface area (Å²) in [5.41, 5.74) is 2.54. The van der Waals surface area contributed by atoms with Crippen molar-refractivity contribution in [3.63, 3.8) is 0 Å². The average Bonchev–Trinajstić information content (AvgIpc) is 3.06. The Kier molecular flexibility index (Phi) is 6.26. The molecule has 2 aliphatic rings. The van der Waals surface area contributed by atoms with E-state index in [9.17, 15) is 5.11 Å². The number of benzene rings is 1. The average molecular weight is 349 g/mol. The first-order valence-corrected chi connectivity index (χ1v) is 10.0. The maximum absolute atomic E-state index is 9.73. The van der Waals surface area contributed by atoms with E-state index in [2.05, 4.69) is 46.3 Å². The van der Waals surface area contributed by atoms with Crippen molar-refractivity contribution in [2.24, 2.45) is 4.99 Å². The largest absolute Gasteiger partial charge is 0.391 e. The third-order valence-electron chi connectivity index (χ3n) is 4.52. The van der Waals surface area contributed by atoms with Crippen molar-refractivity contribution in [2.45, 2.75) is 26.0 Å². The molecule has 0 amide bonds. The molecule has 6 heteroatoms. The van der Waals surface area contributed by atoms with E-state index in [0.29, 0.717) is 13.1 Å². The topological polar surface area (TPSA) is 51.1 Å². The Labute approximate surface area is 149 Å². The fourth-order valence-corrected chi connectivity index (χ4v) is 4.06. The SMILES string of the molecule is CCNC(=NCc1ccc(N2CCSCC2)cc1)N1CC[C@@H](O)C1. The van der Waals surface area contributed by atoms with Crippen LogP contribution in [0.5, 0.6) is 0 Å². The number of aliphatic imine (C=N–C) groups is 1. The molecule has 2 N–H and O–H groups in total. The number of aliphatic hydroxyl groups excluding tert-OH is 1. The number of hydrogen-bond acceptors (Lipinski definition) is 4. The molecule has 2 heterocycles. The molecular weight excluding hydrogens is 320 g/mol. The number of thioether (sulfide) groups is 1. The summed E-state index contributed by atoms with van der Waals surface area (Å²) in [7, 11) is 0. The van der Waals surface area contributed by atoms with Gasteiger partial charge in [0.1, 0.15) is 0 Å². The summed E-state index contributed by atoms with van der Waals surface area (Å²) in [6.45, 7) is 7.43. The summed E-state index contributed by atoms with van der Waals surface area (Å²) in [5, 5.41) is 13.1. The van der Waals surface area contributed by atoms with Gasteiger partial charge in [-0.15, -0.1) is 0 Å². The monoisotopic (exact) mass is 348 g/mol. The van der Waals surface area contributed by atoms with Crippen LogP contribution in [0.25, 0.3) is 0 Å². The van der Waals surface area contributed by atoms with E-state index >= 15 is 0 Å². The highest BCUT2D eigenvalue weighted by Gasteiger charge is 2.22. The smallest absolute Gasteiger partial charge is 0.194 e. The third-order valence-corrected chi connectivity index (χ3v) is 5.46. The molecule has 24 heavy (non-hydrogen) atoms. The molecule has 2 aliphatic heterocycles. The van der Waals surface area contributed by atoms with Crippen molar-refractivity contribution in [1.29, 1.82) is 0 Å². The zero-order valence-corrected chi connectivity index (χ0v) is 15.3. The summed E-state index contributed by atoms with van der Waals surface area (Å²) in [5.74, 6) is 3.35. The number of nitrogens with one attached hydrogen (secondary N) is 1. The minimum atomic E-state index is -0.226. The maximum atomic E-state index is 9.73. The van der Waals surface area contributed by atoms with Crippen molar-refractivity contribution in [2.75, 3.05) is 49.1 Å². The van der Waals surface area contributed by atoms with E-state index in [1.807, 2.05) is 11.8 Å². The Bertz CT molecular complexity index is 542. The molecule has 1 aromatic rings. The van der Waals surface area contributed by atoms with Gasteiger partial charge in [-0.25, -0.2) is 4.99 Å². The van der Waals surface area contributed by atoms with E-state index < -0.39 is 0 Å². The first-order valence-electron chi connectivity index (χ1n) is 8.89. The van der Waals surface area contributed by atoms with Gasteiger partial charge < -0.3 is 20.2 Å². The van der Waals surface area contributed by atoms with Crippen molar-refractivity contribution in [1.82, 2.24) is 10.2 Å². The third kappa shape index (κ3) is 4.57. The molecule has 2 saturated heterocycles. The molecule has 0 aromatic heterocycles. The predicted molar refractivity (Wildman–Crippen MR) is 103 cm³/mol. The summed E-state index contributed by atoms with van der Waals surface area (Å²) < 4.78 is 0. The Morgan fingerprint density at radius 2 is 2.00 bits per heavy atom. The van der Waals surface area contributed by atoms with Crippen LogP contribution in [0, 0.1) is 0 Å². The van der Waals surface area contributed by atoms with Crippen LogP contribution < -0.4 is 10.2 Å². The van der Waals surface area contributed by atoms with E-state index in [-0.39, 0.29) is 6.10 Å². The summed E-state index contributed by atoms with van der Waals surface area (Å²) >= 11 is 2.04. The van der Waals surface area contributed by atoms with Gasteiger partial charge in [-0.1, -0.05) is 12.1 Å². The van der Waals surface area contributed by atoms with Crippen molar-refractivity contribution in [3.8, 4) is 0 Å². The molecule has 0 radical (unpaired) electrons. The van der Waals surface area contributed by atoms with E-state index in [0.717, 1.165) is 38.6 Å². The maximum Gasteiger partial charge on any atom is 0.194 e. The lowest BCUT2D eigenvalue weighted by Gasteiger charge is -2.28. The van der Waals surface area contributed by atoms with Crippen LogP contribution in [0.4, 0.5) is 5.69 Å². The standard InChI is InChI=1S/C18H28N4OS/c1-2-19-18(22-8-7-17(23)14-22)20-13-15-3-5-16(6-4-15)21-9-11-24-12-10-21/h3-6,17,23H,2,7-14H2,1H3,(H,19,20)/t17-/m1/s1. The van der Waals surface area contributed by atoms with Crippen LogP contribution in [-0.4, -0.2) is 66.3 Å². The Morgan fingerprint density at radius 1 is 1.25 bits per heavy atom. The highest BCUT2D eigenvalue weighted by atomic mass is 32.2. The van der Waals surface area contributed by atoms with Crippen molar-refractivity contribution >= 4 is 23.4 Å². The second kappa shape index (κ2) is 8.62. The molecule has 3 rings (SSSR count). The molecule has 0 bridgehead atoms. The molecule has 0 aliphatic carbocycles. The number of nitrogens with zero attached hydrogens (tertiary/aromatic N) is 3. The minimum absolute atomic E-state index is 0.226. The minimum Gasteiger partial charge on any atom is -0.391 e. The summed E-state index contributed by atoms with van der Waals surface area (Å²) in [6.07, 6.45) is 0.601. The fourth-order valence-electron chi connectivity index (χ4n) is 3.16. The number of rotatable bonds is 4. The number of aliphatic hydroxyl groups is 1. The number of guanidine groups is 1. The van der Waals surface area contributed by atoms with Crippen molar-refractivity contribution < 1.29 is 5.11 Å². The Balaban J connectivity index is 1.61. The van der Waals surface area contributed by atoms with Gasteiger partial charge in [0, 0.05) is 49.9 Å². The zero-order valence-electron chi connectivity index (χ0n) is 14.4. The number of β-amino-alcohol motifs (C(OH)–C–C–N with tert-alkyl or cyclic N) is 1. The van der Waals surface area contributed by atoms with E-state index in [1.54, 1.807) is 0 Å². The predicted octanol–water partition coefficient (Wildman–Crippen LogP) is 1.77. The molecule has 0 spiro atoms. The quantitative estimate of drug-likeness (QED) is 0.642. The second-order valence-corrected chi connectivity index (χ2v) is 7.55. The Morgan fingerprint density at radius 3 is 2.62 bits per heavy atom. The van der Waals surface area contributed by atoms with Crippen LogP contribution in [-0.2, 0) is 6.54 Å². The van der Waals surface area contributed by atoms with Gasteiger partial charge in [0.05, 0.1) is 12.6 Å². The van der Waals surface area contributed by atoms with Gasteiger partial charge in [-0.05, 0) is 31.0 Å².